The first-order chi connectivity index (χ1) is 6.86. The lowest BCUT2D eigenvalue weighted by Gasteiger charge is -2.03. The monoisotopic (exact) mass is 201 g/mol. The summed E-state index contributed by atoms with van der Waals surface area (Å²) in [6, 6.07) is 12.4. The van der Waals surface area contributed by atoms with Crippen LogP contribution in [0.25, 0.3) is 0 Å². The van der Waals surface area contributed by atoms with Gasteiger partial charge in [0.1, 0.15) is 0 Å². The molecular formula is C12H11NS. The number of aryl methyl sites for hydroxylation is 1. The van der Waals surface area contributed by atoms with Crippen LogP contribution in [0.15, 0.2) is 58.6 Å². The molecule has 0 aliphatic heterocycles. The normalized spacial score (nSPS) is 10.1. The summed E-state index contributed by atoms with van der Waals surface area (Å²) in [5, 5.41) is 0. The Hall–Kier alpha value is -1.28. The molecule has 70 valence electrons. The zero-order chi connectivity index (χ0) is 9.80. The largest absolute Gasteiger partial charge is 0.265 e. The van der Waals surface area contributed by atoms with Crippen molar-refractivity contribution in [2.75, 3.05) is 0 Å². The molecule has 0 aliphatic rings. The molecule has 1 aromatic carbocycles. The Morgan fingerprint density at radius 2 is 1.71 bits per heavy atom. The Morgan fingerprint density at radius 1 is 1.00 bits per heavy atom. The van der Waals surface area contributed by atoms with Crippen LogP contribution in [0.2, 0.25) is 0 Å². The van der Waals surface area contributed by atoms with Crippen LogP contribution in [-0.2, 0) is 0 Å². The molecule has 0 saturated carbocycles. The topological polar surface area (TPSA) is 12.9 Å². The van der Waals surface area contributed by atoms with Crippen LogP contribution in [0, 0.1) is 6.92 Å². The van der Waals surface area contributed by atoms with E-state index in [9.17, 15) is 0 Å². The number of benzene rings is 1. The van der Waals surface area contributed by atoms with Crippen molar-refractivity contribution in [3.63, 3.8) is 0 Å². The molecule has 1 nitrogen and oxygen atoms in total. The molecule has 1 aromatic heterocycles. The Kier molecular flexibility index (Phi) is 2.84. The zero-order valence-corrected chi connectivity index (χ0v) is 8.79. The van der Waals surface area contributed by atoms with E-state index < -0.39 is 0 Å². The van der Waals surface area contributed by atoms with Gasteiger partial charge in [-0.2, -0.15) is 0 Å². The van der Waals surface area contributed by atoms with E-state index in [0.29, 0.717) is 0 Å². The average molecular weight is 201 g/mol. The molecule has 0 saturated heterocycles. The van der Waals surface area contributed by atoms with E-state index in [4.69, 9.17) is 0 Å². The van der Waals surface area contributed by atoms with Crippen LogP contribution < -0.4 is 0 Å². The zero-order valence-electron chi connectivity index (χ0n) is 7.97. The van der Waals surface area contributed by atoms with E-state index in [1.54, 1.807) is 11.8 Å². The average Bonchev–Trinajstić information content (AvgIpc) is 2.23. The second kappa shape index (κ2) is 4.29. The molecule has 1 heterocycles. The maximum atomic E-state index is 4.00. The smallest absolute Gasteiger partial charge is 0.0279 e. The van der Waals surface area contributed by atoms with E-state index in [1.807, 2.05) is 24.5 Å². The van der Waals surface area contributed by atoms with Crippen molar-refractivity contribution in [1.82, 2.24) is 4.98 Å². The molecule has 14 heavy (non-hydrogen) atoms. The van der Waals surface area contributed by atoms with Gasteiger partial charge in [-0.05, 0) is 30.7 Å². The number of nitrogens with zero attached hydrogens (tertiary/aromatic N) is 1. The lowest BCUT2D eigenvalue weighted by atomic mass is 10.2. The molecule has 0 spiro atoms. The van der Waals surface area contributed by atoms with Gasteiger partial charge in [0.05, 0.1) is 0 Å². The standard InChI is InChI=1S/C12H11NS/c1-10-4-2-3-5-12(10)14-11-6-8-13-9-7-11/h2-9H,1H3. The SMILES string of the molecule is Cc1ccccc1Sc1ccncc1. The van der Waals surface area contributed by atoms with Crippen LogP contribution in [0.1, 0.15) is 5.56 Å². The van der Waals surface area contributed by atoms with Gasteiger partial charge in [0.15, 0.2) is 0 Å². The molecule has 0 atom stereocenters. The predicted octanol–water partition coefficient (Wildman–Crippen LogP) is 3.54. The summed E-state index contributed by atoms with van der Waals surface area (Å²) in [5.41, 5.74) is 1.31. The number of hydrogen-bond donors (Lipinski definition) is 0. The van der Waals surface area contributed by atoms with Crippen molar-refractivity contribution in [2.45, 2.75) is 16.7 Å². The van der Waals surface area contributed by atoms with Gasteiger partial charge < -0.3 is 0 Å². The van der Waals surface area contributed by atoms with Crippen molar-refractivity contribution >= 4 is 11.8 Å². The van der Waals surface area contributed by atoms with Crippen molar-refractivity contribution < 1.29 is 0 Å². The first kappa shape index (κ1) is 9.28. The number of rotatable bonds is 2. The van der Waals surface area contributed by atoms with Gasteiger partial charge in [-0.15, -0.1) is 0 Å². The fraction of sp³-hybridized carbons (Fsp3) is 0.0833. The van der Waals surface area contributed by atoms with Gasteiger partial charge in [-0.1, -0.05) is 30.0 Å². The lowest BCUT2D eigenvalue weighted by molar-refractivity contribution is 1.25. The van der Waals surface area contributed by atoms with Crippen molar-refractivity contribution in [1.29, 1.82) is 0 Å². The second-order valence-electron chi connectivity index (χ2n) is 3.05. The van der Waals surface area contributed by atoms with Gasteiger partial charge in [0.25, 0.3) is 0 Å². The van der Waals surface area contributed by atoms with E-state index in [2.05, 4.69) is 36.2 Å². The minimum absolute atomic E-state index is 1.23. The van der Waals surface area contributed by atoms with Crippen LogP contribution >= 0.6 is 11.8 Å². The maximum Gasteiger partial charge on any atom is 0.0279 e. The summed E-state index contributed by atoms with van der Waals surface area (Å²) >= 11 is 1.77. The van der Waals surface area contributed by atoms with Crippen LogP contribution in [0.5, 0.6) is 0 Å². The lowest BCUT2D eigenvalue weighted by Crippen LogP contribution is -1.78. The molecule has 0 amide bonds. The van der Waals surface area contributed by atoms with E-state index >= 15 is 0 Å². The summed E-state index contributed by atoms with van der Waals surface area (Å²) in [6.45, 7) is 2.13. The highest BCUT2D eigenvalue weighted by Crippen LogP contribution is 2.29. The fourth-order valence-electron chi connectivity index (χ4n) is 1.20. The Morgan fingerprint density at radius 3 is 2.43 bits per heavy atom. The molecule has 2 aromatic rings. The number of aromatic nitrogens is 1. The van der Waals surface area contributed by atoms with Gasteiger partial charge in [0.2, 0.25) is 0 Å². The fourth-order valence-corrected chi connectivity index (χ4v) is 2.09. The number of hydrogen-bond acceptors (Lipinski definition) is 2. The highest BCUT2D eigenvalue weighted by atomic mass is 32.2. The predicted molar refractivity (Wildman–Crippen MR) is 59.5 cm³/mol. The molecule has 2 rings (SSSR count). The maximum absolute atomic E-state index is 4.00. The van der Waals surface area contributed by atoms with Gasteiger partial charge >= 0.3 is 0 Å². The van der Waals surface area contributed by atoms with Crippen LogP contribution in [0.4, 0.5) is 0 Å². The summed E-state index contributed by atoms with van der Waals surface area (Å²) in [5.74, 6) is 0. The summed E-state index contributed by atoms with van der Waals surface area (Å²) in [4.78, 5) is 6.53. The van der Waals surface area contributed by atoms with Crippen LogP contribution in [0.3, 0.4) is 0 Å². The number of pyridine rings is 1. The van der Waals surface area contributed by atoms with Gasteiger partial charge in [-0.25, -0.2) is 0 Å². The third kappa shape index (κ3) is 2.15. The highest BCUT2D eigenvalue weighted by molar-refractivity contribution is 7.99. The molecule has 0 fully saturated rings. The van der Waals surface area contributed by atoms with Crippen LogP contribution in [-0.4, -0.2) is 4.98 Å². The molecule has 2 heteroatoms. The summed E-state index contributed by atoms with van der Waals surface area (Å²) < 4.78 is 0. The van der Waals surface area contributed by atoms with Crippen molar-refractivity contribution in [2.24, 2.45) is 0 Å². The summed E-state index contributed by atoms with van der Waals surface area (Å²) in [6.07, 6.45) is 3.64. The minimum atomic E-state index is 1.23. The molecule has 0 unspecified atom stereocenters. The molecule has 0 radical (unpaired) electrons. The molecule has 0 aliphatic carbocycles. The quantitative estimate of drug-likeness (QED) is 0.737. The molecular weight excluding hydrogens is 190 g/mol. The minimum Gasteiger partial charge on any atom is -0.265 e. The molecule has 0 N–H and O–H groups in total. The highest BCUT2D eigenvalue weighted by Gasteiger charge is 1.98. The third-order valence-electron chi connectivity index (χ3n) is 1.97. The van der Waals surface area contributed by atoms with E-state index in [0.717, 1.165) is 0 Å². The Bertz CT molecular complexity index is 412. The van der Waals surface area contributed by atoms with E-state index in [1.165, 1.54) is 15.4 Å². The van der Waals surface area contributed by atoms with Gasteiger partial charge in [0, 0.05) is 22.2 Å². The van der Waals surface area contributed by atoms with Gasteiger partial charge in [-0.3, -0.25) is 4.98 Å². The second-order valence-corrected chi connectivity index (χ2v) is 4.17. The first-order valence-electron chi connectivity index (χ1n) is 4.50. The van der Waals surface area contributed by atoms with E-state index in [-0.39, 0.29) is 0 Å². The summed E-state index contributed by atoms with van der Waals surface area (Å²) in [7, 11) is 0. The third-order valence-corrected chi connectivity index (χ3v) is 3.16. The Balaban J connectivity index is 2.24. The van der Waals surface area contributed by atoms with Crippen molar-refractivity contribution in [3.05, 3.63) is 54.4 Å². The van der Waals surface area contributed by atoms with Crippen molar-refractivity contribution in [3.8, 4) is 0 Å². The Labute approximate surface area is 88.2 Å². The first-order valence-corrected chi connectivity index (χ1v) is 5.31. The molecule has 0 bridgehead atoms.